The number of sulfonamides is 1. The third kappa shape index (κ3) is 2.95. The first-order valence-electron chi connectivity index (χ1n) is 6.74. The molecule has 0 fully saturated rings. The monoisotopic (exact) mass is 324 g/mol. The molecule has 112 valence electrons. The highest BCUT2D eigenvalue weighted by Gasteiger charge is 2.26. The van der Waals surface area contributed by atoms with Gasteiger partial charge in [0.05, 0.1) is 0 Å². The number of aromatic nitrogens is 1. The van der Waals surface area contributed by atoms with Crippen LogP contribution in [0, 0.1) is 6.92 Å². The minimum absolute atomic E-state index is 0.0892. The van der Waals surface area contributed by atoms with Crippen LogP contribution in [-0.2, 0) is 22.9 Å². The van der Waals surface area contributed by atoms with Gasteiger partial charge in [0.2, 0.25) is 0 Å². The second kappa shape index (κ2) is 5.40. The molecule has 7 heteroatoms. The molecule has 2 N–H and O–H groups in total. The summed E-state index contributed by atoms with van der Waals surface area (Å²) in [6.07, 6.45) is 2.33. The van der Waals surface area contributed by atoms with Crippen molar-refractivity contribution in [2.75, 3.05) is 0 Å². The second-order valence-electron chi connectivity index (χ2n) is 5.26. The van der Waals surface area contributed by atoms with E-state index in [0.29, 0.717) is 12.1 Å². The summed E-state index contributed by atoms with van der Waals surface area (Å²) < 4.78 is 27.6. The van der Waals surface area contributed by atoms with Gasteiger partial charge in [-0.1, -0.05) is 35.6 Å². The van der Waals surface area contributed by atoms with Gasteiger partial charge in [-0.05, 0) is 37.3 Å². The Hall–Kier alpha value is -1.44. The molecule has 1 atom stereocenters. The number of H-pyrrole nitrogens is 1. The van der Waals surface area contributed by atoms with Crippen LogP contribution in [0.5, 0.6) is 0 Å². The first kappa shape index (κ1) is 14.5. The van der Waals surface area contributed by atoms with Crippen LogP contribution in [-0.4, -0.2) is 19.4 Å². The Morgan fingerprint density at radius 3 is 2.67 bits per heavy atom. The van der Waals surface area contributed by atoms with E-state index in [0.717, 1.165) is 24.2 Å². The lowest BCUT2D eigenvalue weighted by molar-refractivity contribution is 0.508. The van der Waals surface area contributed by atoms with Gasteiger partial charge in [-0.25, -0.2) is 13.1 Å². The Bertz CT molecular complexity index is 821. The summed E-state index contributed by atoms with van der Waals surface area (Å²) in [6, 6.07) is 7.97. The van der Waals surface area contributed by atoms with Gasteiger partial charge in [0.25, 0.3) is 10.0 Å². The molecular weight excluding hydrogens is 308 g/mol. The van der Waals surface area contributed by atoms with Crippen molar-refractivity contribution in [2.24, 2.45) is 0 Å². The molecule has 5 nitrogen and oxygen atoms in total. The Labute approximate surface area is 127 Å². The first-order valence-corrected chi connectivity index (χ1v) is 9.04. The van der Waals surface area contributed by atoms with Crippen LogP contribution < -0.4 is 9.60 Å². The SMILES string of the molecule is Cc1[nH]c(=O)sc1S(=O)(=O)NC1CCc2ccccc2C1. The van der Waals surface area contributed by atoms with E-state index in [4.69, 9.17) is 0 Å². The van der Waals surface area contributed by atoms with Gasteiger partial charge >= 0.3 is 4.87 Å². The van der Waals surface area contributed by atoms with Crippen molar-refractivity contribution in [3.05, 3.63) is 50.8 Å². The van der Waals surface area contributed by atoms with E-state index in [1.165, 1.54) is 11.1 Å². The fraction of sp³-hybridized carbons (Fsp3) is 0.357. The maximum atomic E-state index is 12.4. The number of fused-ring (bicyclic) bond motifs is 1. The van der Waals surface area contributed by atoms with Gasteiger partial charge in [0.15, 0.2) is 4.21 Å². The number of nitrogens with one attached hydrogen (secondary N) is 2. The lowest BCUT2D eigenvalue weighted by Crippen LogP contribution is -2.38. The molecule has 21 heavy (non-hydrogen) atoms. The summed E-state index contributed by atoms with van der Waals surface area (Å²) in [5.41, 5.74) is 2.87. The van der Waals surface area contributed by atoms with Crippen molar-refractivity contribution in [3.8, 4) is 0 Å². The van der Waals surface area contributed by atoms with Crippen molar-refractivity contribution in [2.45, 2.75) is 36.4 Å². The number of aryl methyl sites for hydroxylation is 2. The molecule has 1 aromatic carbocycles. The zero-order valence-electron chi connectivity index (χ0n) is 11.5. The van der Waals surface area contributed by atoms with Crippen molar-refractivity contribution >= 4 is 21.4 Å². The summed E-state index contributed by atoms with van der Waals surface area (Å²) >= 11 is 0.734. The fourth-order valence-electron chi connectivity index (χ4n) is 2.72. The number of hydrogen-bond donors (Lipinski definition) is 2. The lowest BCUT2D eigenvalue weighted by Gasteiger charge is -2.25. The van der Waals surface area contributed by atoms with E-state index in [1.807, 2.05) is 18.2 Å². The zero-order chi connectivity index (χ0) is 15.0. The summed E-state index contributed by atoms with van der Waals surface area (Å²) in [5.74, 6) is 0. The van der Waals surface area contributed by atoms with Crippen LogP contribution in [0.15, 0.2) is 33.3 Å². The van der Waals surface area contributed by atoms with Gasteiger partial charge in [-0.15, -0.1) is 0 Å². The largest absolute Gasteiger partial charge is 0.315 e. The predicted molar refractivity (Wildman–Crippen MR) is 82.3 cm³/mol. The van der Waals surface area contributed by atoms with Crippen molar-refractivity contribution in [1.82, 2.24) is 9.71 Å². The normalized spacial score (nSPS) is 18.4. The number of aromatic amines is 1. The molecule has 0 amide bonds. The smallest absolute Gasteiger partial charge is 0.305 e. The molecule has 2 aromatic rings. The summed E-state index contributed by atoms with van der Waals surface area (Å²) in [4.78, 5) is 13.4. The van der Waals surface area contributed by atoms with Crippen LogP contribution in [0.4, 0.5) is 0 Å². The number of benzene rings is 1. The highest BCUT2D eigenvalue weighted by Crippen LogP contribution is 2.23. The molecule has 0 bridgehead atoms. The molecule has 0 saturated carbocycles. The summed E-state index contributed by atoms with van der Waals surface area (Å²) in [5, 5.41) is 0. The Kier molecular flexibility index (Phi) is 3.73. The van der Waals surface area contributed by atoms with E-state index in [-0.39, 0.29) is 15.1 Å². The lowest BCUT2D eigenvalue weighted by atomic mass is 9.89. The highest BCUT2D eigenvalue weighted by atomic mass is 32.2. The molecule has 0 radical (unpaired) electrons. The van der Waals surface area contributed by atoms with Crippen LogP contribution >= 0.6 is 11.3 Å². The predicted octanol–water partition coefficient (Wildman–Crippen LogP) is 1.58. The molecule has 1 aliphatic carbocycles. The number of rotatable bonds is 3. The maximum Gasteiger partial charge on any atom is 0.305 e. The molecule has 1 aromatic heterocycles. The number of thiazole rings is 1. The average molecular weight is 324 g/mol. The van der Waals surface area contributed by atoms with Gasteiger partial charge in [0.1, 0.15) is 0 Å². The van der Waals surface area contributed by atoms with E-state index in [9.17, 15) is 13.2 Å². The molecule has 0 spiro atoms. The Morgan fingerprint density at radius 1 is 1.29 bits per heavy atom. The Morgan fingerprint density at radius 2 is 2.00 bits per heavy atom. The fourth-order valence-corrected chi connectivity index (χ4v) is 5.31. The van der Waals surface area contributed by atoms with Gasteiger partial charge in [-0.3, -0.25) is 4.79 Å². The zero-order valence-corrected chi connectivity index (χ0v) is 13.2. The van der Waals surface area contributed by atoms with Crippen molar-refractivity contribution in [3.63, 3.8) is 0 Å². The molecule has 3 rings (SSSR count). The van der Waals surface area contributed by atoms with Gasteiger partial charge in [-0.2, -0.15) is 0 Å². The number of hydrogen-bond acceptors (Lipinski definition) is 4. The van der Waals surface area contributed by atoms with Crippen LogP contribution in [0.1, 0.15) is 23.2 Å². The molecule has 1 heterocycles. The third-order valence-electron chi connectivity index (χ3n) is 3.69. The van der Waals surface area contributed by atoms with E-state index < -0.39 is 10.0 Å². The van der Waals surface area contributed by atoms with Crippen molar-refractivity contribution in [1.29, 1.82) is 0 Å². The average Bonchev–Trinajstić information content (AvgIpc) is 2.78. The van der Waals surface area contributed by atoms with Crippen LogP contribution in [0.25, 0.3) is 0 Å². The minimum Gasteiger partial charge on any atom is -0.315 e. The first-order chi connectivity index (χ1) is 9.95. The van der Waals surface area contributed by atoms with E-state index in [1.54, 1.807) is 6.92 Å². The second-order valence-corrected chi connectivity index (χ2v) is 8.15. The highest BCUT2D eigenvalue weighted by molar-refractivity contribution is 7.91. The van der Waals surface area contributed by atoms with Gasteiger partial charge < -0.3 is 4.98 Å². The third-order valence-corrected chi connectivity index (χ3v) is 6.82. The summed E-state index contributed by atoms with van der Waals surface area (Å²) in [6.45, 7) is 1.60. The van der Waals surface area contributed by atoms with Crippen molar-refractivity contribution < 1.29 is 8.42 Å². The molecule has 0 aliphatic heterocycles. The standard InChI is InChI=1S/C14H16N2O3S2/c1-9-13(20-14(17)15-9)21(18,19)16-12-7-6-10-4-2-3-5-11(10)8-12/h2-5,12,16H,6-8H2,1H3,(H,15,17). The molecule has 1 aliphatic rings. The van der Waals surface area contributed by atoms with E-state index in [2.05, 4.69) is 15.8 Å². The minimum atomic E-state index is -3.64. The van der Waals surface area contributed by atoms with E-state index >= 15 is 0 Å². The summed E-state index contributed by atoms with van der Waals surface area (Å²) in [7, 11) is -3.64. The maximum absolute atomic E-state index is 12.4. The van der Waals surface area contributed by atoms with Gasteiger partial charge in [0, 0.05) is 11.7 Å². The quantitative estimate of drug-likeness (QED) is 0.900. The topological polar surface area (TPSA) is 79.0 Å². The molecule has 0 saturated heterocycles. The molecule has 1 unspecified atom stereocenters. The Balaban J connectivity index is 1.82. The molecular formula is C14H16N2O3S2. The van der Waals surface area contributed by atoms with Crippen LogP contribution in [0.3, 0.4) is 0 Å². The van der Waals surface area contributed by atoms with Crippen LogP contribution in [0.2, 0.25) is 0 Å².